The van der Waals surface area contributed by atoms with Gasteiger partial charge in [-0.25, -0.2) is 0 Å². The standard InChI is InChI=1S/C14H16N4O4/c15-10(12(20)17-7-11(16)19)5-6-18-13(21)8-3-1-2-4-9(8)14(18)22/h1-4,10H,5-7,15H2,(H2,16,19)(H,17,20)/t10-/m1/s1. The van der Waals surface area contributed by atoms with Crippen LogP contribution in [0.5, 0.6) is 0 Å². The van der Waals surface area contributed by atoms with E-state index in [1.807, 2.05) is 0 Å². The lowest BCUT2D eigenvalue weighted by atomic mass is 10.1. The lowest BCUT2D eigenvalue weighted by Gasteiger charge is -2.17. The number of primary amides is 1. The predicted molar refractivity (Wildman–Crippen MR) is 76.6 cm³/mol. The Bertz CT molecular complexity index is 608. The molecule has 1 aromatic rings. The van der Waals surface area contributed by atoms with E-state index in [0.29, 0.717) is 11.1 Å². The summed E-state index contributed by atoms with van der Waals surface area (Å²) in [4.78, 5) is 47.5. The SMILES string of the molecule is NC(=O)CNC(=O)[C@H](N)CCN1C(=O)c2ccccc2C1=O. The summed E-state index contributed by atoms with van der Waals surface area (Å²) in [5, 5.41) is 2.27. The topological polar surface area (TPSA) is 136 Å². The molecule has 0 radical (unpaired) electrons. The number of benzene rings is 1. The first-order chi connectivity index (χ1) is 10.4. The van der Waals surface area contributed by atoms with Gasteiger partial charge in [0.25, 0.3) is 11.8 Å². The Morgan fingerprint density at radius 2 is 1.68 bits per heavy atom. The van der Waals surface area contributed by atoms with Gasteiger partial charge in [-0.3, -0.25) is 24.1 Å². The number of fused-ring (bicyclic) bond motifs is 1. The molecule has 0 aromatic heterocycles. The van der Waals surface area contributed by atoms with Crippen molar-refractivity contribution in [3.05, 3.63) is 35.4 Å². The summed E-state index contributed by atoms with van der Waals surface area (Å²) in [5.41, 5.74) is 11.3. The minimum absolute atomic E-state index is 0.0253. The minimum atomic E-state index is -0.941. The van der Waals surface area contributed by atoms with Crippen LogP contribution in [0.25, 0.3) is 0 Å². The van der Waals surface area contributed by atoms with Crippen molar-refractivity contribution in [2.75, 3.05) is 13.1 Å². The molecule has 22 heavy (non-hydrogen) atoms. The van der Waals surface area contributed by atoms with Gasteiger partial charge in [0.2, 0.25) is 11.8 Å². The maximum Gasteiger partial charge on any atom is 0.261 e. The Labute approximate surface area is 126 Å². The summed E-state index contributed by atoms with van der Waals surface area (Å²) in [6.45, 7) is -0.281. The Morgan fingerprint density at radius 3 is 2.18 bits per heavy atom. The fraction of sp³-hybridized carbons (Fsp3) is 0.286. The van der Waals surface area contributed by atoms with Crippen LogP contribution < -0.4 is 16.8 Å². The van der Waals surface area contributed by atoms with Crippen LogP contribution in [0.3, 0.4) is 0 Å². The highest BCUT2D eigenvalue weighted by Crippen LogP contribution is 2.22. The van der Waals surface area contributed by atoms with Crippen molar-refractivity contribution in [2.24, 2.45) is 11.5 Å². The molecule has 0 aliphatic carbocycles. The number of amides is 4. The number of carbonyl (C=O) groups excluding carboxylic acids is 4. The second kappa shape index (κ2) is 6.35. The fourth-order valence-corrected chi connectivity index (χ4v) is 2.15. The van der Waals surface area contributed by atoms with E-state index in [9.17, 15) is 19.2 Å². The predicted octanol–water partition coefficient (Wildman–Crippen LogP) is -1.40. The van der Waals surface area contributed by atoms with Gasteiger partial charge in [-0.05, 0) is 18.6 Å². The van der Waals surface area contributed by atoms with E-state index in [0.717, 1.165) is 4.90 Å². The third-order valence-corrected chi connectivity index (χ3v) is 3.32. The van der Waals surface area contributed by atoms with Gasteiger partial charge < -0.3 is 16.8 Å². The molecule has 8 nitrogen and oxygen atoms in total. The third-order valence-electron chi connectivity index (χ3n) is 3.32. The van der Waals surface area contributed by atoms with E-state index in [1.165, 1.54) is 0 Å². The quantitative estimate of drug-likeness (QED) is 0.555. The van der Waals surface area contributed by atoms with Crippen molar-refractivity contribution in [3.8, 4) is 0 Å². The van der Waals surface area contributed by atoms with Gasteiger partial charge in [-0.2, -0.15) is 0 Å². The van der Waals surface area contributed by atoms with Crippen molar-refractivity contribution in [2.45, 2.75) is 12.5 Å². The summed E-state index contributed by atoms with van der Waals surface area (Å²) in [6, 6.07) is 5.57. The first kappa shape index (κ1) is 15.6. The van der Waals surface area contributed by atoms with Crippen LogP contribution in [0.1, 0.15) is 27.1 Å². The largest absolute Gasteiger partial charge is 0.368 e. The number of nitrogens with one attached hydrogen (secondary N) is 1. The van der Waals surface area contributed by atoms with Gasteiger partial charge in [-0.15, -0.1) is 0 Å². The van der Waals surface area contributed by atoms with Crippen LogP contribution in [-0.2, 0) is 9.59 Å². The molecule has 0 bridgehead atoms. The van der Waals surface area contributed by atoms with Crippen molar-refractivity contribution < 1.29 is 19.2 Å². The first-order valence-electron chi connectivity index (χ1n) is 6.68. The summed E-state index contributed by atoms with van der Waals surface area (Å²) in [6.07, 6.45) is 0.0933. The van der Waals surface area contributed by atoms with Gasteiger partial charge in [0.15, 0.2) is 0 Å². The number of carbonyl (C=O) groups is 4. The van der Waals surface area contributed by atoms with E-state index in [4.69, 9.17) is 11.5 Å². The normalized spacial score (nSPS) is 14.7. The zero-order chi connectivity index (χ0) is 16.3. The summed E-state index contributed by atoms with van der Waals surface area (Å²) in [7, 11) is 0. The lowest BCUT2D eigenvalue weighted by Crippen LogP contribution is -2.45. The van der Waals surface area contributed by atoms with E-state index >= 15 is 0 Å². The Balaban J connectivity index is 1.93. The summed E-state index contributed by atoms with van der Waals surface area (Å²) in [5.74, 6) is -2.04. The van der Waals surface area contributed by atoms with Crippen LogP contribution >= 0.6 is 0 Å². The molecular weight excluding hydrogens is 288 g/mol. The van der Waals surface area contributed by atoms with Gasteiger partial charge in [-0.1, -0.05) is 12.1 Å². The van der Waals surface area contributed by atoms with Gasteiger partial charge in [0.1, 0.15) is 0 Å². The molecule has 0 saturated heterocycles. The average molecular weight is 304 g/mol. The van der Waals surface area contributed by atoms with E-state index in [1.54, 1.807) is 24.3 Å². The summed E-state index contributed by atoms with van der Waals surface area (Å²) < 4.78 is 0. The number of nitrogens with zero attached hydrogens (tertiary/aromatic N) is 1. The molecule has 8 heteroatoms. The number of hydrogen-bond acceptors (Lipinski definition) is 5. The molecular formula is C14H16N4O4. The minimum Gasteiger partial charge on any atom is -0.368 e. The number of nitrogens with two attached hydrogens (primary N) is 2. The van der Waals surface area contributed by atoms with Gasteiger partial charge in [0.05, 0.1) is 23.7 Å². The van der Waals surface area contributed by atoms with Crippen LogP contribution in [0, 0.1) is 0 Å². The van der Waals surface area contributed by atoms with Crippen molar-refractivity contribution in [3.63, 3.8) is 0 Å². The molecule has 0 fully saturated rings. The molecule has 1 aliphatic rings. The van der Waals surface area contributed by atoms with Gasteiger partial charge >= 0.3 is 0 Å². The molecule has 0 saturated carbocycles. The fourth-order valence-electron chi connectivity index (χ4n) is 2.15. The molecule has 2 rings (SSSR count). The maximum atomic E-state index is 12.1. The van der Waals surface area contributed by atoms with E-state index < -0.39 is 29.7 Å². The second-order valence-electron chi connectivity index (χ2n) is 4.89. The molecule has 5 N–H and O–H groups in total. The molecule has 4 amide bonds. The van der Waals surface area contributed by atoms with Gasteiger partial charge in [0, 0.05) is 6.54 Å². The van der Waals surface area contributed by atoms with Crippen molar-refractivity contribution >= 4 is 23.6 Å². The van der Waals surface area contributed by atoms with Crippen molar-refractivity contribution in [1.82, 2.24) is 10.2 Å². The highest BCUT2D eigenvalue weighted by atomic mass is 16.2. The highest BCUT2D eigenvalue weighted by molar-refractivity contribution is 6.21. The molecule has 1 heterocycles. The van der Waals surface area contributed by atoms with Crippen LogP contribution in [0.4, 0.5) is 0 Å². The first-order valence-corrected chi connectivity index (χ1v) is 6.68. The Morgan fingerprint density at radius 1 is 1.14 bits per heavy atom. The Hall–Kier alpha value is -2.74. The highest BCUT2D eigenvalue weighted by Gasteiger charge is 2.35. The molecule has 1 aromatic carbocycles. The van der Waals surface area contributed by atoms with Crippen molar-refractivity contribution in [1.29, 1.82) is 0 Å². The Kier molecular flexibility index (Phi) is 4.52. The van der Waals surface area contributed by atoms with E-state index in [2.05, 4.69) is 5.32 Å². The lowest BCUT2D eigenvalue weighted by molar-refractivity contribution is -0.125. The second-order valence-corrected chi connectivity index (χ2v) is 4.89. The smallest absolute Gasteiger partial charge is 0.261 e. The molecule has 116 valence electrons. The average Bonchev–Trinajstić information content (AvgIpc) is 2.74. The monoisotopic (exact) mass is 304 g/mol. The number of hydrogen-bond donors (Lipinski definition) is 3. The van der Waals surface area contributed by atoms with Crippen LogP contribution in [0.15, 0.2) is 24.3 Å². The molecule has 1 atom stereocenters. The third kappa shape index (κ3) is 3.12. The zero-order valence-corrected chi connectivity index (χ0v) is 11.7. The van der Waals surface area contributed by atoms with Crippen LogP contribution in [0.2, 0.25) is 0 Å². The van der Waals surface area contributed by atoms with E-state index in [-0.39, 0.29) is 19.5 Å². The maximum absolute atomic E-state index is 12.1. The molecule has 0 unspecified atom stereocenters. The summed E-state index contributed by atoms with van der Waals surface area (Å²) >= 11 is 0. The molecule has 0 spiro atoms. The number of imide groups is 1. The van der Waals surface area contributed by atoms with Crippen LogP contribution in [-0.4, -0.2) is 47.7 Å². The number of rotatable bonds is 6. The zero-order valence-electron chi connectivity index (χ0n) is 11.7. The molecule has 1 aliphatic heterocycles.